The molecule has 1 atom stereocenters. The fourth-order valence-corrected chi connectivity index (χ4v) is 3.75. The van der Waals surface area contributed by atoms with Gasteiger partial charge in [-0.2, -0.15) is 0 Å². The molecular formula is C19H22ClN6O2+. The number of carbonyl (C=O) groups excluding carboxylic acids is 2. The maximum Gasteiger partial charge on any atom is 0.401 e. The van der Waals surface area contributed by atoms with Gasteiger partial charge in [0.05, 0.1) is 6.54 Å². The number of halogens is 1. The first-order valence-electron chi connectivity index (χ1n) is 9.13. The van der Waals surface area contributed by atoms with Crippen LogP contribution in [0.3, 0.4) is 0 Å². The number of imidazole rings is 1. The van der Waals surface area contributed by atoms with Gasteiger partial charge in [0.15, 0.2) is 0 Å². The minimum absolute atomic E-state index is 0.257. The molecule has 9 heteroatoms. The van der Waals surface area contributed by atoms with Crippen LogP contribution in [0, 0.1) is 6.92 Å². The highest BCUT2D eigenvalue weighted by Crippen LogP contribution is 2.28. The molecule has 2 aliphatic heterocycles. The number of aliphatic imine (C=N–C) groups is 1. The van der Waals surface area contributed by atoms with Gasteiger partial charge in [-0.15, -0.1) is 0 Å². The summed E-state index contributed by atoms with van der Waals surface area (Å²) in [6, 6.07) is 6.67. The van der Waals surface area contributed by atoms with Crippen molar-refractivity contribution in [2.24, 2.45) is 4.99 Å². The van der Waals surface area contributed by atoms with Crippen LogP contribution in [0.15, 0.2) is 35.5 Å². The number of carbonyl (C=O) groups is 2. The zero-order valence-electron chi connectivity index (χ0n) is 16.0. The summed E-state index contributed by atoms with van der Waals surface area (Å²) in [5.41, 5.74) is 2.05. The molecule has 0 bridgehead atoms. The molecule has 8 nitrogen and oxygen atoms in total. The number of nitrogens with one attached hydrogen (secondary N) is 1. The summed E-state index contributed by atoms with van der Waals surface area (Å²) in [5, 5.41) is 4.08. The number of amidine groups is 1. The van der Waals surface area contributed by atoms with E-state index in [0.29, 0.717) is 16.8 Å². The highest BCUT2D eigenvalue weighted by Gasteiger charge is 2.52. The second-order valence-electron chi connectivity index (χ2n) is 7.03. The lowest BCUT2D eigenvalue weighted by molar-refractivity contribution is -0.677. The van der Waals surface area contributed by atoms with E-state index in [1.807, 2.05) is 42.0 Å². The van der Waals surface area contributed by atoms with Crippen LogP contribution in [0.5, 0.6) is 0 Å². The smallest absolute Gasteiger partial charge is 0.385 e. The monoisotopic (exact) mass is 401 g/mol. The Morgan fingerprint density at radius 2 is 1.89 bits per heavy atom. The number of hydrogen-bond donors (Lipinski definition) is 1. The van der Waals surface area contributed by atoms with Gasteiger partial charge in [-0.1, -0.05) is 16.6 Å². The third-order valence-electron chi connectivity index (χ3n) is 5.18. The number of rotatable bonds is 5. The summed E-state index contributed by atoms with van der Waals surface area (Å²) in [4.78, 5) is 32.0. The molecule has 3 amide bonds. The predicted octanol–water partition coefficient (Wildman–Crippen LogP) is 2.35. The quantitative estimate of drug-likeness (QED) is 0.617. The van der Waals surface area contributed by atoms with Gasteiger partial charge in [0.25, 0.3) is 5.91 Å². The summed E-state index contributed by atoms with van der Waals surface area (Å²) in [5.74, 6) is 0.926. The number of anilines is 1. The van der Waals surface area contributed by atoms with Crippen LogP contribution >= 0.6 is 11.6 Å². The summed E-state index contributed by atoms with van der Waals surface area (Å²) in [7, 11) is 3.15. The molecule has 2 aromatic rings. The van der Waals surface area contributed by atoms with E-state index >= 15 is 0 Å². The molecule has 0 spiro atoms. The van der Waals surface area contributed by atoms with E-state index in [1.165, 1.54) is 11.9 Å². The summed E-state index contributed by atoms with van der Waals surface area (Å²) in [6.07, 6.45) is 2.81. The number of urea groups is 1. The number of benzene rings is 1. The molecule has 2 aliphatic rings. The maximum absolute atomic E-state index is 12.6. The van der Waals surface area contributed by atoms with Crippen molar-refractivity contribution in [3.63, 3.8) is 0 Å². The number of aromatic nitrogens is 2. The Hall–Kier alpha value is -2.87. The van der Waals surface area contributed by atoms with Crippen molar-refractivity contribution in [1.29, 1.82) is 0 Å². The van der Waals surface area contributed by atoms with E-state index in [1.54, 1.807) is 7.05 Å². The van der Waals surface area contributed by atoms with Gasteiger partial charge in [-0.3, -0.25) is 14.6 Å². The van der Waals surface area contributed by atoms with Gasteiger partial charge in [-0.05, 0) is 37.6 Å². The van der Waals surface area contributed by atoms with E-state index in [2.05, 4.69) is 14.9 Å². The lowest BCUT2D eigenvalue weighted by Gasteiger charge is -2.30. The number of hydrogen-bond acceptors (Lipinski definition) is 4. The molecule has 1 unspecified atom stereocenters. The fourth-order valence-electron chi connectivity index (χ4n) is 3.62. The van der Waals surface area contributed by atoms with Gasteiger partial charge >= 0.3 is 12.0 Å². The van der Waals surface area contributed by atoms with Crippen molar-refractivity contribution >= 4 is 41.0 Å². The van der Waals surface area contributed by atoms with Gasteiger partial charge in [-0.25, -0.2) is 13.9 Å². The number of nitrogens with zero attached hydrogens (tertiary/aromatic N) is 5. The van der Waals surface area contributed by atoms with Crippen molar-refractivity contribution < 1.29 is 14.2 Å². The number of likely N-dealkylation sites (N-methyl/N-ethyl adjacent to an activating group) is 2. The molecular weight excluding hydrogens is 380 g/mol. The Labute approximate surface area is 168 Å². The molecule has 1 aromatic heterocycles. The predicted molar refractivity (Wildman–Crippen MR) is 106 cm³/mol. The van der Waals surface area contributed by atoms with Crippen LogP contribution in [0.2, 0.25) is 5.02 Å². The number of aryl methyl sites for hydroxylation is 1. The van der Waals surface area contributed by atoms with E-state index in [0.717, 1.165) is 35.8 Å². The van der Waals surface area contributed by atoms with Crippen molar-refractivity contribution in [3.05, 3.63) is 41.2 Å². The third kappa shape index (κ3) is 2.93. The first-order chi connectivity index (χ1) is 13.4. The molecule has 1 aromatic carbocycles. The molecule has 0 radical (unpaired) electrons. The van der Waals surface area contributed by atoms with Crippen molar-refractivity contribution in [3.8, 4) is 0 Å². The zero-order chi connectivity index (χ0) is 20.0. The molecule has 3 heterocycles. The second-order valence-corrected chi connectivity index (χ2v) is 7.46. The molecule has 0 aliphatic carbocycles. The lowest BCUT2D eigenvalue weighted by atomic mass is 10.2. The lowest BCUT2D eigenvalue weighted by Crippen LogP contribution is -2.61. The molecule has 4 rings (SSSR count). The third-order valence-corrected chi connectivity index (χ3v) is 5.43. The second kappa shape index (κ2) is 6.94. The Morgan fingerprint density at radius 3 is 2.61 bits per heavy atom. The Morgan fingerprint density at radius 1 is 1.18 bits per heavy atom. The van der Waals surface area contributed by atoms with Crippen molar-refractivity contribution in [1.82, 2.24) is 14.4 Å². The first kappa shape index (κ1) is 18.5. The SMILES string of the molecule is Cc1c[n+]2c(n1CCCNc1ccc(Cl)cc1)N=C1C2C(=O)N(C)C(=O)N1C. The van der Waals surface area contributed by atoms with Gasteiger partial charge in [0.2, 0.25) is 11.9 Å². The Kier molecular flexibility index (Phi) is 4.58. The van der Waals surface area contributed by atoms with Crippen LogP contribution in [0.4, 0.5) is 16.4 Å². The standard InChI is InChI=1S/C19H22ClN6O2/c1-12-11-26-15-16(23(2)19(28)24(3)17(15)27)22-18(26)25(12)10-4-9-21-14-7-5-13(20)6-8-14/h5-8,11,15,21H,4,9-10H2,1-3H3/q+1. The summed E-state index contributed by atoms with van der Waals surface area (Å²) >= 11 is 5.91. The average Bonchev–Trinajstić information content (AvgIpc) is 3.18. The Bertz CT molecular complexity index is 981. The van der Waals surface area contributed by atoms with E-state index in [4.69, 9.17) is 11.6 Å². The highest BCUT2D eigenvalue weighted by molar-refractivity contribution is 6.30. The van der Waals surface area contributed by atoms with E-state index in [-0.39, 0.29) is 11.9 Å². The minimum Gasteiger partial charge on any atom is -0.385 e. The van der Waals surface area contributed by atoms with Crippen LogP contribution in [-0.4, -0.2) is 52.8 Å². The summed E-state index contributed by atoms with van der Waals surface area (Å²) in [6.45, 7) is 3.54. The van der Waals surface area contributed by atoms with Crippen LogP contribution in [-0.2, 0) is 11.3 Å². The molecule has 28 heavy (non-hydrogen) atoms. The van der Waals surface area contributed by atoms with Gasteiger partial charge in [0, 0.05) is 31.4 Å². The molecule has 1 fully saturated rings. The van der Waals surface area contributed by atoms with E-state index < -0.39 is 6.04 Å². The molecule has 146 valence electrons. The number of fused-ring (bicyclic) bond motifs is 3. The van der Waals surface area contributed by atoms with Crippen molar-refractivity contribution in [2.75, 3.05) is 26.0 Å². The zero-order valence-corrected chi connectivity index (χ0v) is 16.8. The van der Waals surface area contributed by atoms with Crippen LogP contribution < -0.4 is 9.88 Å². The normalized spacial score (nSPS) is 18.3. The minimum atomic E-state index is -0.574. The highest BCUT2D eigenvalue weighted by atomic mass is 35.5. The molecule has 1 saturated heterocycles. The topological polar surface area (TPSA) is 73.8 Å². The molecule has 0 saturated carbocycles. The summed E-state index contributed by atoms with van der Waals surface area (Å²) < 4.78 is 3.94. The molecule has 1 N–H and O–H groups in total. The largest absolute Gasteiger partial charge is 0.401 e. The van der Waals surface area contributed by atoms with Crippen LogP contribution in [0.1, 0.15) is 18.2 Å². The van der Waals surface area contributed by atoms with Crippen LogP contribution in [0.25, 0.3) is 0 Å². The van der Waals surface area contributed by atoms with Crippen molar-refractivity contribution in [2.45, 2.75) is 25.9 Å². The van der Waals surface area contributed by atoms with E-state index in [9.17, 15) is 9.59 Å². The van der Waals surface area contributed by atoms with Gasteiger partial charge < -0.3 is 5.32 Å². The Balaban J connectivity index is 1.49. The van der Waals surface area contributed by atoms with Gasteiger partial charge in [0.1, 0.15) is 11.9 Å². The fraction of sp³-hybridized carbons (Fsp3) is 0.368. The number of imide groups is 1. The maximum atomic E-state index is 12.6. The number of amides is 3. The average molecular weight is 402 g/mol. The first-order valence-corrected chi connectivity index (χ1v) is 9.51.